The highest BCUT2D eigenvalue weighted by molar-refractivity contribution is 7.92. The van der Waals surface area contributed by atoms with Gasteiger partial charge in [-0.3, -0.25) is 20.3 Å². The summed E-state index contributed by atoms with van der Waals surface area (Å²) in [5, 5.41) is 24.6. The van der Waals surface area contributed by atoms with Gasteiger partial charge < -0.3 is 4.74 Å². The van der Waals surface area contributed by atoms with Gasteiger partial charge in [0.15, 0.2) is 0 Å². The second-order valence-electron chi connectivity index (χ2n) is 6.74. The van der Waals surface area contributed by atoms with Gasteiger partial charge in [-0.1, -0.05) is 24.3 Å². The Morgan fingerprint density at radius 1 is 1.09 bits per heavy atom. The van der Waals surface area contributed by atoms with Crippen LogP contribution in [0.25, 0.3) is 0 Å². The summed E-state index contributed by atoms with van der Waals surface area (Å²) in [6.07, 6.45) is 0. The van der Waals surface area contributed by atoms with Crippen LogP contribution >= 0.6 is 0 Å². The summed E-state index contributed by atoms with van der Waals surface area (Å²) in [7, 11) is -2.72. The molecular formula is C22H19N5O5S. The van der Waals surface area contributed by atoms with Gasteiger partial charge in [0.05, 0.1) is 40.0 Å². The first-order valence-electron chi connectivity index (χ1n) is 9.50. The van der Waals surface area contributed by atoms with Crippen molar-refractivity contribution < 1.29 is 18.1 Å². The molecule has 11 heteroatoms. The molecule has 0 saturated heterocycles. The second-order valence-corrected chi connectivity index (χ2v) is 8.42. The molecule has 0 fully saturated rings. The van der Waals surface area contributed by atoms with Gasteiger partial charge in [0.2, 0.25) is 0 Å². The zero-order chi connectivity index (χ0) is 24.0. The number of nitrogens with one attached hydrogen (secondary N) is 2. The van der Waals surface area contributed by atoms with Gasteiger partial charge >= 0.3 is 0 Å². The van der Waals surface area contributed by atoms with Crippen molar-refractivity contribution in [3.8, 4) is 11.8 Å². The average Bonchev–Trinajstić information content (AvgIpc) is 2.82. The molecule has 0 unspecified atom stereocenters. The van der Waals surface area contributed by atoms with Crippen LogP contribution in [0.1, 0.15) is 18.1 Å². The number of para-hydroxylation sites is 2. The minimum absolute atomic E-state index is 0.0178. The average molecular weight is 465 g/mol. The first-order chi connectivity index (χ1) is 15.7. The summed E-state index contributed by atoms with van der Waals surface area (Å²) in [6, 6.07) is 18.5. The third-order valence-corrected chi connectivity index (χ3v) is 5.97. The first-order valence-corrected chi connectivity index (χ1v) is 11.0. The van der Waals surface area contributed by atoms with E-state index in [1.807, 2.05) is 6.07 Å². The lowest BCUT2D eigenvalue weighted by atomic mass is 10.1. The highest BCUT2D eigenvalue weighted by Crippen LogP contribution is 2.30. The fourth-order valence-corrected chi connectivity index (χ4v) is 3.94. The number of hydrogen-bond donors (Lipinski definition) is 2. The van der Waals surface area contributed by atoms with E-state index >= 15 is 0 Å². The minimum Gasteiger partial charge on any atom is -0.495 e. The van der Waals surface area contributed by atoms with Gasteiger partial charge in [0.1, 0.15) is 11.4 Å². The Balaban J connectivity index is 1.88. The third-order valence-electron chi connectivity index (χ3n) is 4.60. The smallest absolute Gasteiger partial charge is 0.295 e. The lowest BCUT2D eigenvalue weighted by Gasteiger charge is -2.12. The topological polar surface area (TPSA) is 147 Å². The van der Waals surface area contributed by atoms with Gasteiger partial charge in [0, 0.05) is 6.07 Å². The van der Waals surface area contributed by atoms with E-state index in [0.717, 1.165) is 6.07 Å². The summed E-state index contributed by atoms with van der Waals surface area (Å²) in [5.41, 5.74) is 4.09. The van der Waals surface area contributed by atoms with Crippen LogP contribution in [0.4, 0.5) is 17.1 Å². The fourth-order valence-electron chi connectivity index (χ4n) is 2.85. The normalized spacial score (nSPS) is 11.4. The SMILES string of the molecule is COc1ccccc1NS(=O)(=O)c1ccc(N/N=C(\C)c2ccc(C#N)cc2)c([N+](=O)[O-])c1. The van der Waals surface area contributed by atoms with Crippen LogP contribution in [-0.4, -0.2) is 26.2 Å². The fraction of sp³-hybridized carbons (Fsp3) is 0.0909. The lowest BCUT2D eigenvalue weighted by Crippen LogP contribution is -2.14. The number of rotatable bonds is 8. The second kappa shape index (κ2) is 9.80. The highest BCUT2D eigenvalue weighted by atomic mass is 32.2. The quantitative estimate of drug-likeness (QED) is 0.289. The first kappa shape index (κ1) is 23.2. The van der Waals surface area contributed by atoms with E-state index in [1.165, 1.54) is 25.3 Å². The van der Waals surface area contributed by atoms with Crippen LogP contribution < -0.4 is 14.9 Å². The Kier molecular flexibility index (Phi) is 6.90. The summed E-state index contributed by atoms with van der Waals surface area (Å²) >= 11 is 0. The molecular weight excluding hydrogens is 446 g/mol. The molecule has 0 spiro atoms. The number of sulfonamides is 1. The number of hydrogen-bond acceptors (Lipinski definition) is 8. The number of methoxy groups -OCH3 is 1. The molecule has 10 nitrogen and oxygen atoms in total. The number of nitro groups is 1. The Morgan fingerprint density at radius 2 is 1.79 bits per heavy atom. The summed E-state index contributed by atoms with van der Waals surface area (Å²) in [4.78, 5) is 10.6. The van der Waals surface area contributed by atoms with Crippen molar-refractivity contribution >= 4 is 32.8 Å². The van der Waals surface area contributed by atoms with Crippen molar-refractivity contribution in [1.82, 2.24) is 0 Å². The largest absolute Gasteiger partial charge is 0.495 e. The Bertz CT molecular complexity index is 1360. The van der Waals surface area contributed by atoms with E-state index in [-0.39, 0.29) is 16.3 Å². The standard InChI is InChI=1S/C22H19N5O5S/c1-15(17-9-7-16(14-23)8-10-17)24-25-19-12-11-18(13-21(19)27(28)29)33(30,31)26-20-5-3-4-6-22(20)32-2/h3-13,25-26H,1-2H3/b24-15+. The van der Waals surface area contributed by atoms with Crippen LogP contribution in [0.3, 0.4) is 0 Å². The molecule has 0 radical (unpaired) electrons. The van der Waals surface area contributed by atoms with Crippen molar-refractivity contribution in [3.05, 3.63) is 88.0 Å². The Morgan fingerprint density at radius 3 is 2.42 bits per heavy atom. The van der Waals surface area contributed by atoms with E-state index in [2.05, 4.69) is 15.2 Å². The molecule has 3 rings (SSSR count). The number of hydrazone groups is 1. The molecule has 3 aromatic rings. The van der Waals surface area contributed by atoms with Crippen LogP contribution in [-0.2, 0) is 10.0 Å². The van der Waals surface area contributed by atoms with Crippen LogP contribution in [0, 0.1) is 21.4 Å². The van der Waals surface area contributed by atoms with Crippen molar-refractivity contribution in [2.24, 2.45) is 5.10 Å². The maximum absolute atomic E-state index is 12.8. The molecule has 2 N–H and O–H groups in total. The summed E-state index contributed by atoms with van der Waals surface area (Å²) in [5.74, 6) is 0.307. The highest BCUT2D eigenvalue weighted by Gasteiger charge is 2.22. The van der Waals surface area contributed by atoms with E-state index in [9.17, 15) is 18.5 Å². The molecule has 0 amide bonds. The predicted octanol–water partition coefficient (Wildman–Crippen LogP) is 4.11. The number of benzene rings is 3. The van der Waals surface area contributed by atoms with Crippen LogP contribution in [0.5, 0.6) is 5.75 Å². The lowest BCUT2D eigenvalue weighted by molar-refractivity contribution is -0.384. The van der Waals surface area contributed by atoms with E-state index in [4.69, 9.17) is 10.00 Å². The van der Waals surface area contributed by atoms with Gasteiger partial charge in [-0.15, -0.1) is 0 Å². The third kappa shape index (κ3) is 5.44. The molecule has 0 atom stereocenters. The Hall–Kier alpha value is -4.43. The number of nitriles is 1. The summed E-state index contributed by atoms with van der Waals surface area (Å²) < 4.78 is 33.1. The van der Waals surface area contributed by atoms with Crippen molar-refractivity contribution in [2.75, 3.05) is 17.3 Å². The van der Waals surface area contributed by atoms with Crippen molar-refractivity contribution in [1.29, 1.82) is 5.26 Å². The van der Waals surface area contributed by atoms with Gasteiger partial charge in [-0.25, -0.2) is 8.42 Å². The number of nitrogens with zero attached hydrogens (tertiary/aromatic N) is 3. The van der Waals surface area contributed by atoms with E-state index < -0.39 is 20.6 Å². The maximum Gasteiger partial charge on any atom is 0.295 e. The molecule has 0 aliphatic heterocycles. The Labute approximate surface area is 190 Å². The van der Waals surface area contributed by atoms with Crippen molar-refractivity contribution in [2.45, 2.75) is 11.8 Å². The monoisotopic (exact) mass is 465 g/mol. The molecule has 0 aliphatic carbocycles. The predicted molar refractivity (Wildman–Crippen MR) is 124 cm³/mol. The van der Waals surface area contributed by atoms with Gasteiger partial charge in [0.25, 0.3) is 15.7 Å². The van der Waals surface area contributed by atoms with Crippen LogP contribution in [0.2, 0.25) is 0 Å². The van der Waals surface area contributed by atoms with Crippen LogP contribution in [0.15, 0.2) is 76.7 Å². The molecule has 3 aromatic carbocycles. The van der Waals surface area contributed by atoms with Gasteiger partial charge in [-0.2, -0.15) is 10.4 Å². The maximum atomic E-state index is 12.8. The van der Waals surface area contributed by atoms with Crippen molar-refractivity contribution in [3.63, 3.8) is 0 Å². The molecule has 0 aromatic heterocycles. The zero-order valence-corrected chi connectivity index (χ0v) is 18.5. The number of anilines is 2. The number of nitro benzene ring substituents is 1. The number of ether oxygens (including phenoxy) is 1. The molecule has 0 saturated carbocycles. The zero-order valence-electron chi connectivity index (χ0n) is 17.6. The van der Waals surface area contributed by atoms with Gasteiger partial charge in [-0.05, 0) is 48.9 Å². The molecule has 0 bridgehead atoms. The summed E-state index contributed by atoms with van der Waals surface area (Å²) in [6.45, 7) is 1.69. The minimum atomic E-state index is -4.12. The van der Waals surface area contributed by atoms with E-state index in [0.29, 0.717) is 22.6 Å². The molecule has 33 heavy (non-hydrogen) atoms. The molecule has 0 aliphatic rings. The van der Waals surface area contributed by atoms with E-state index in [1.54, 1.807) is 49.4 Å². The molecule has 168 valence electrons. The molecule has 0 heterocycles.